The summed E-state index contributed by atoms with van der Waals surface area (Å²) >= 11 is 1.65. The molecule has 0 saturated heterocycles. The summed E-state index contributed by atoms with van der Waals surface area (Å²) in [7, 11) is 2.81. The molecule has 0 radical (unpaired) electrons. The Balaban J connectivity index is 1.92. The third-order valence-electron chi connectivity index (χ3n) is 3.34. The van der Waals surface area contributed by atoms with E-state index in [-0.39, 0.29) is 5.91 Å². The fraction of sp³-hybridized carbons (Fsp3) is 0.294. The standard InChI is InChI=1S/C17H19NO4S/c1-21-15-7-5-12(10-14(15)17(20)22-2)11-18-16(19)8-6-13-4-3-9-23-13/h3-5,7,9-10H,6,8,11H2,1-2H3,(H,18,19). The molecule has 2 rings (SSSR count). The van der Waals surface area contributed by atoms with Crippen LogP contribution in [-0.2, 0) is 22.5 Å². The molecular formula is C17H19NO4S. The lowest BCUT2D eigenvalue weighted by atomic mass is 10.1. The number of ether oxygens (including phenoxy) is 2. The number of hydrogen-bond acceptors (Lipinski definition) is 5. The average molecular weight is 333 g/mol. The predicted octanol–water partition coefficient (Wildman–Crippen LogP) is 2.79. The van der Waals surface area contributed by atoms with Crippen molar-refractivity contribution in [2.45, 2.75) is 19.4 Å². The summed E-state index contributed by atoms with van der Waals surface area (Å²) in [4.78, 5) is 24.8. The first-order valence-corrected chi connectivity index (χ1v) is 8.06. The Morgan fingerprint density at radius 3 is 2.70 bits per heavy atom. The molecule has 0 fully saturated rings. The van der Waals surface area contributed by atoms with Crippen molar-refractivity contribution in [2.75, 3.05) is 14.2 Å². The Morgan fingerprint density at radius 1 is 1.22 bits per heavy atom. The molecule has 0 bridgehead atoms. The van der Waals surface area contributed by atoms with E-state index in [9.17, 15) is 9.59 Å². The third-order valence-corrected chi connectivity index (χ3v) is 4.27. The molecule has 0 aliphatic carbocycles. The monoisotopic (exact) mass is 333 g/mol. The second-order valence-corrected chi connectivity index (χ2v) is 5.91. The van der Waals surface area contributed by atoms with Crippen molar-refractivity contribution in [1.29, 1.82) is 0 Å². The zero-order chi connectivity index (χ0) is 16.7. The number of esters is 1. The lowest BCUT2D eigenvalue weighted by Crippen LogP contribution is -2.23. The van der Waals surface area contributed by atoms with Gasteiger partial charge in [-0.25, -0.2) is 4.79 Å². The molecule has 23 heavy (non-hydrogen) atoms. The van der Waals surface area contributed by atoms with E-state index in [1.54, 1.807) is 23.5 Å². The smallest absolute Gasteiger partial charge is 0.341 e. The van der Waals surface area contributed by atoms with Crippen LogP contribution in [0.3, 0.4) is 0 Å². The number of amides is 1. The van der Waals surface area contributed by atoms with Crippen LogP contribution in [0.1, 0.15) is 27.2 Å². The van der Waals surface area contributed by atoms with Gasteiger partial charge in [0.1, 0.15) is 11.3 Å². The normalized spacial score (nSPS) is 10.2. The number of aryl methyl sites for hydroxylation is 1. The number of nitrogens with one attached hydrogen (secondary N) is 1. The Morgan fingerprint density at radius 2 is 2.04 bits per heavy atom. The van der Waals surface area contributed by atoms with Crippen LogP contribution in [0.2, 0.25) is 0 Å². The van der Waals surface area contributed by atoms with E-state index in [4.69, 9.17) is 9.47 Å². The van der Waals surface area contributed by atoms with Crippen molar-refractivity contribution in [1.82, 2.24) is 5.32 Å². The van der Waals surface area contributed by atoms with Crippen LogP contribution in [0.5, 0.6) is 5.75 Å². The maximum absolute atomic E-state index is 11.9. The van der Waals surface area contributed by atoms with Gasteiger partial charge in [-0.05, 0) is 35.6 Å². The number of carbonyl (C=O) groups excluding carboxylic acids is 2. The Bertz CT molecular complexity index is 667. The van der Waals surface area contributed by atoms with Gasteiger partial charge < -0.3 is 14.8 Å². The summed E-state index contributed by atoms with van der Waals surface area (Å²) in [6.07, 6.45) is 1.18. The number of methoxy groups -OCH3 is 2. The van der Waals surface area contributed by atoms with Crippen LogP contribution in [0, 0.1) is 0 Å². The molecular weight excluding hydrogens is 314 g/mol. The van der Waals surface area contributed by atoms with Crippen LogP contribution in [0.15, 0.2) is 35.7 Å². The molecule has 0 unspecified atom stereocenters. The topological polar surface area (TPSA) is 64.6 Å². The van der Waals surface area contributed by atoms with E-state index < -0.39 is 5.97 Å². The van der Waals surface area contributed by atoms with Gasteiger partial charge in [-0.1, -0.05) is 12.1 Å². The van der Waals surface area contributed by atoms with Gasteiger partial charge in [0.15, 0.2) is 0 Å². The molecule has 0 spiro atoms. The first kappa shape index (κ1) is 17.0. The molecule has 1 aromatic carbocycles. The molecule has 1 aromatic heterocycles. The summed E-state index contributed by atoms with van der Waals surface area (Å²) < 4.78 is 9.88. The Hall–Kier alpha value is -2.34. The minimum Gasteiger partial charge on any atom is -0.496 e. The maximum atomic E-state index is 11.9. The molecule has 122 valence electrons. The van der Waals surface area contributed by atoms with Gasteiger partial charge in [-0.3, -0.25) is 4.79 Å². The van der Waals surface area contributed by atoms with E-state index in [1.165, 1.54) is 19.1 Å². The number of carbonyl (C=O) groups is 2. The van der Waals surface area contributed by atoms with Gasteiger partial charge in [0.05, 0.1) is 14.2 Å². The lowest BCUT2D eigenvalue weighted by molar-refractivity contribution is -0.121. The maximum Gasteiger partial charge on any atom is 0.341 e. The minimum atomic E-state index is -0.465. The largest absolute Gasteiger partial charge is 0.496 e. The third kappa shape index (κ3) is 4.82. The summed E-state index contributed by atoms with van der Waals surface area (Å²) in [5.74, 6) is -0.0359. The molecule has 1 amide bonds. The molecule has 0 saturated carbocycles. The van der Waals surface area contributed by atoms with Gasteiger partial charge in [-0.2, -0.15) is 0 Å². The Labute approximate surface area is 139 Å². The van der Waals surface area contributed by atoms with Crippen LogP contribution in [-0.4, -0.2) is 26.1 Å². The highest BCUT2D eigenvalue weighted by Gasteiger charge is 2.13. The number of rotatable bonds is 7. The minimum absolute atomic E-state index is 0.0196. The summed E-state index contributed by atoms with van der Waals surface area (Å²) in [5.41, 5.74) is 1.16. The van der Waals surface area contributed by atoms with Gasteiger partial charge >= 0.3 is 5.97 Å². The van der Waals surface area contributed by atoms with Crippen molar-refractivity contribution in [3.8, 4) is 5.75 Å². The second kappa shape index (κ2) is 8.33. The summed E-state index contributed by atoms with van der Waals surface area (Å²) in [5, 5.41) is 4.85. The molecule has 0 atom stereocenters. The van der Waals surface area contributed by atoms with Crippen LogP contribution in [0.4, 0.5) is 0 Å². The number of benzene rings is 1. The first-order valence-electron chi connectivity index (χ1n) is 7.18. The van der Waals surface area contributed by atoms with E-state index in [0.717, 1.165) is 12.0 Å². The van der Waals surface area contributed by atoms with Crippen molar-refractivity contribution < 1.29 is 19.1 Å². The van der Waals surface area contributed by atoms with Crippen LogP contribution >= 0.6 is 11.3 Å². The van der Waals surface area contributed by atoms with E-state index in [2.05, 4.69) is 5.32 Å². The van der Waals surface area contributed by atoms with E-state index in [1.807, 2.05) is 23.6 Å². The highest BCUT2D eigenvalue weighted by Crippen LogP contribution is 2.20. The van der Waals surface area contributed by atoms with Crippen LogP contribution < -0.4 is 10.1 Å². The molecule has 1 heterocycles. The predicted molar refractivity (Wildman–Crippen MR) is 88.8 cm³/mol. The van der Waals surface area contributed by atoms with Crippen molar-refractivity contribution in [2.24, 2.45) is 0 Å². The molecule has 5 nitrogen and oxygen atoms in total. The number of hydrogen-bond donors (Lipinski definition) is 1. The number of thiophene rings is 1. The second-order valence-electron chi connectivity index (χ2n) is 4.88. The first-order chi connectivity index (χ1) is 11.1. The molecule has 0 aliphatic heterocycles. The van der Waals surface area contributed by atoms with Crippen molar-refractivity contribution >= 4 is 23.2 Å². The SMILES string of the molecule is COC(=O)c1cc(CNC(=O)CCc2cccs2)ccc1OC. The highest BCUT2D eigenvalue weighted by molar-refractivity contribution is 7.09. The van der Waals surface area contributed by atoms with Gasteiger partial charge in [0.2, 0.25) is 5.91 Å². The van der Waals surface area contributed by atoms with Crippen LogP contribution in [0.25, 0.3) is 0 Å². The fourth-order valence-corrected chi connectivity index (χ4v) is 2.82. The zero-order valence-corrected chi connectivity index (χ0v) is 13.9. The average Bonchev–Trinajstić information content (AvgIpc) is 3.10. The van der Waals surface area contributed by atoms with Gasteiger partial charge in [0.25, 0.3) is 0 Å². The van der Waals surface area contributed by atoms with Gasteiger partial charge in [0, 0.05) is 17.8 Å². The molecule has 2 aromatic rings. The molecule has 6 heteroatoms. The fourth-order valence-electron chi connectivity index (χ4n) is 2.12. The summed E-state index contributed by atoms with van der Waals surface area (Å²) in [6, 6.07) is 9.17. The molecule has 1 N–H and O–H groups in total. The van der Waals surface area contributed by atoms with Gasteiger partial charge in [-0.15, -0.1) is 11.3 Å². The summed E-state index contributed by atoms with van der Waals surface area (Å²) in [6.45, 7) is 0.358. The van der Waals surface area contributed by atoms with E-state index in [0.29, 0.717) is 24.3 Å². The van der Waals surface area contributed by atoms with Crippen molar-refractivity contribution in [3.05, 3.63) is 51.7 Å². The molecule has 0 aliphatic rings. The Kier molecular flexibility index (Phi) is 6.17. The van der Waals surface area contributed by atoms with E-state index >= 15 is 0 Å². The quantitative estimate of drug-likeness (QED) is 0.791. The van der Waals surface area contributed by atoms with Crippen molar-refractivity contribution in [3.63, 3.8) is 0 Å². The zero-order valence-electron chi connectivity index (χ0n) is 13.1. The highest BCUT2D eigenvalue weighted by atomic mass is 32.1. The lowest BCUT2D eigenvalue weighted by Gasteiger charge is -2.10.